The molecule has 0 radical (unpaired) electrons. The summed E-state index contributed by atoms with van der Waals surface area (Å²) in [6.07, 6.45) is 7.54. The molecule has 1 aliphatic heterocycles. The quantitative estimate of drug-likeness (QED) is 0.776. The van der Waals surface area contributed by atoms with Crippen LogP contribution in [0.2, 0.25) is 0 Å². The van der Waals surface area contributed by atoms with Gasteiger partial charge in [-0.25, -0.2) is 0 Å². The molecular formula is C15H27N5O. The van der Waals surface area contributed by atoms with Crippen LogP contribution in [0.5, 0.6) is 0 Å². The largest absolute Gasteiger partial charge is 0.377 e. The van der Waals surface area contributed by atoms with E-state index in [1.165, 1.54) is 32.2 Å². The number of hydrogen-bond donors (Lipinski definition) is 1. The van der Waals surface area contributed by atoms with Gasteiger partial charge in [0.1, 0.15) is 0 Å². The average Bonchev–Trinajstić information content (AvgIpc) is 3.22. The predicted molar refractivity (Wildman–Crippen MR) is 81.0 cm³/mol. The molecule has 0 aromatic carbocycles. The number of piperidine rings is 1. The standard InChI is InChI=1S/C15H27N5O/c1-2-21-15-4-3-7-19(12-15)8-9-20-11-14(17-18-20)10-16-13-5-6-13/h11,13,15-16H,2-10,12H2,1H3. The van der Waals surface area contributed by atoms with E-state index >= 15 is 0 Å². The number of nitrogens with one attached hydrogen (secondary N) is 1. The van der Waals surface area contributed by atoms with Crippen molar-refractivity contribution in [1.29, 1.82) is 0 Å². The van der Waals surface area contributed by atoms with Gasteiger partial charge in [-0.2, -0.15) is 0 Å². The third kappa shape index (κ3) is 4.76. The van der Waals surface area contributed by atoms with Crippen LogP contribution in [0.1, 0.15) is 38.3 Å². The zero-order chi connectivity index (χ0) is 14.5. The highest BCUT2D eigenvalue weighted by Gasteiger charge is 2.21. The van der Waals surface area contributed by atoms with E-state index in [1.807, 2.05) is 4.68 Å². The molecule has 1 saturated carbocycles. The smallest absolute Gasteiger partial charge is 0.0964 e. The molecule has 118 valence electrons. The summed E-state index contributed by atoms with van der Waals surface area (Å²) in [6.45, 7) is 7.91. The van der Waals surface area contributed by atoms with E-state index in [-0.39, 0.29) is 0 Å². The Morgan fingerprint density at radius 1 is 1.33 bits per heavy atom. The Kier molecular flexibility index (Phi) is 5.22. The number of ether oxygens (including phenoxy) is 1. The van der Waals surface area contributed by atoms with Crippen molar-refractivity contribution in [3.8, 4) is 0 Å². The monoisotopic (exact) mass is 293 g/mol. The van der Waals surface area contributed by atoms with Crippen molar-refractivity contribution < 1.29 is 4.74 Å². The maximum absolute atomic E-state index is 5.74. The lowest BCUT2D eigenvalue weighted by Crippen LogP contribution is -2.41. The van der Waals surface area contributed by atoms with Crippen molar-refractivity contribution in [3.05, 3.63) is 11.9 Å². The van der Waals surface area contributed by atoms with E-state index in [0.29, 0.717) is 6.10 Å². The van der Waals surface area contributed by atoms with Gasteiger partial charge >= 0.3 is 0 Å². The molecule has 2 fully saturated rings. The van der Waals surface area contributed by atoms with Gasteiger partial charge in [0.05, 0.1) is 18.3 Å². The van der Waals surface area contributed by atoms with E-state index in [2.05, 4.69) is 33.6 Å². The fraction of sp³-hybridized carbons (Fsp3) is 0.867. The molecule has 1 N–H and O–H groups in total. The van der Waals surface area contributed by atoms with Crippen molar-refractivity contribution in [2.45, 2.75) is 57.8 Å². The summed E-state index contributed by atoms with van der Waals surface area (Å²) in [7, 11) is 0. The van der Waals surface area contributed by atoms with Gasteiger partial charge in [-0.1, -0.05) is 5.21 Å². The summed E-state index contributed by atoms with van der Waals surface area (Å²) in [5.41, 5.74) is 1.05. The predicted octanol–water partition coefficient (Wildman–Crippen LogP) is 1.03. The molecule has 6 nitrogen and oxygen atoms in total. The van der Waals surface area contributed by atoms with Crippen LogP contribution in [-0.2, 0) is 17.8 Å². The van der Waals surface area contributed by atoms with Crippen LogP contribution in [0.25, 0.3) is 0 Å². The van der Waals surface area contributed by atoms with Crippen molar-refractivity contribution in [2.24, 2.45) is 0 Å². The minimum Gasteiger partial charge on any atom is -0.377 e. The summed E-state index contributed by atoms with van der Waals surface area (Å²) in [5, 5.41) is 11.9. The lowest BCUT2D eigenvalue weighted by molar-refractivity contribution is 0.00489. The van der Waals surface area contributed by atoms with E-state index in [0.717, 1.165) is 44.5 Å². The molecule has 0 bridgehead atoms. The molecule has 21 heavy (non-hydrogen) atoms. The Labute approximate surface area is 126 Å². The lowest BCUT2D eigenvalue weighted by atomic mass is 10.1. The first-order valence-corrected chi connectivity index (χ1v) is 8.30. The summed E-state index contributed by atoms with van der Waals surface area (Å²) >= 11 is 0. The maximum atomic E-state index is 5.74. The molecule has 1 saturated heterocycles. The second kappa shape index (κ2) is 7.33. The van der Waals surface area contributed by atoms with Crippen LogP contribution >= 0.6 is 0 Å². The molecule has 0 amide bonds. The Bertz CT molecular complexity index is 429. The topological polar surface area (TPSA) is 55.2 Å². The molecule has 1 atom stereocenters. The first-order chi connectivity index (χ1) is 10.3. The second-order valence-electron chi connectivity index (χ2n) is 6.15. The zero-order valence-electron chi connectivity index (χ0n) is 13.0. The summed E-state index contributed by atoms with van der Waals surface area (Å²) in [4.78, 5) is 2.48. The van der Waals surface area contributed by atoms with Gasteiger partial charge < -0.3 is 10.1 Å². The molecule has 6 heteroatoms. The van der Waals surface area contributed by atoms with E-state index in [4.69, 9.17) is 4.74 Å². The number of rotatable bonds is 8. The third-order valence-corrected chi connectivity index (χ3v) is 4.25. The van der Waals surface area contributed by atoms with E-state index in [1.54, 1.807) is 0 Å². The highest BCUT2D eigenvalue weighted by Crippen LogP contribution is 2.18. The fourth-order valence-electron chi connectivity index (χ4n) is 2.90. The number of hydrogen-bond acceptors (Lipinski definition) is 5. The average molecular weight is 293 g/mol. The summed E-state index contributed by atoms with van der Waals surface area (Å²) in [5.74, 6) is 0. The van der Waals surface area contributed by atoms with Gasteiger partial charge in [0, 0.05) is 38.5 Å². The highest BCUT2D eigenvalue weighted by molar-refractivity contribution is 4.94. The van der Waals surface area contributed by atoms with Gasteiger partial charge in [0.25, 0.3) is 0 Å². The SMILES string of the molecule is CCOC1CCCN(CCn2cc(CNC3CC3)nn2)C1. The highest BCUT2D eigenvalue weighted by atomic mass is 16.5. The molecule has 3 rings (SSSR count). The van der Waals surface area contributed by atoms with E-state index < -0.39 is 0 Å². The Morgan fingerprint density at radius 2 is 2.24 bits per heavy atom. The van der Waals surface area contributed by atoms with Crippen molar-refractivity contribution in [2.75, 3.05) is 26.2 Å². The minimum atomic E-state index is 0.415. The molecular weight excluding hydrogens is 266 g/mol. The van der Waals surface area contributed by atoms with Gasteiger partial charge in [-0.05, 0) is 39.2 Å². The van der Waals surface area contributed by atoms with E-state index in [9.17, 15) is 0 Å². The van der Waals surface area contributed by atoms with Gasteiger partial charge in [0.15, 0.2) is 0 Å². The first-order valence-electron chi connectivity index (χ1n) is 8.30. The molecule has 2 heterocycles. The maximum Gasteiger partial charge on any atom is 0.0964 e. The molecule has 2 aliphatic rings. The summed E-state index contributed by atoms with van der Waals surface area (Å²) in [6, 6.07) is 0.721. The number of aromatic nitrogens is 3. The minimum absolute atomic E-state index is 0.415. The lowest BCUT2D eigenvalue weighted by Gasteiger charge is -2.32. The molecule has 1 aromatic heterocycles. The van der Waals surface area contributed by atoms with Gasteiger partial charge in [0.2, 0.25) is 0 Å². The molecule has 0 spiro atoms. The van der Waals surface area contributed by atoms with Crippen LogP contribution in [0, 0.1) is 0 Å². The van der Waals surface area contributed by atoms with Crippen LogP contribution in [0.3, 0.4) is 0 Å². The van der Waals surface area contributed by atoms with Crippen LogP contribution in [-0.4, -0.2) is 58.3 Å². The molecule has 1 unspecified atom stereocenters. The van der Waals surface area contributed by atoms with Crippen molar-refractivity contribution in [1.82, 2.24) is 25.2 Å². The zero-order valence-corrected chi connectivity index (χ0v) is 13.0. The Balaban J connectivity index is 1.39. The number of nitrogens with zero attached hydrogens (tertiary/aromatic N) is 4. The fourth-order valence-corrected chi connectivity index (χ4v) is 2.90. The first kappa shape index (κ1) is 14.9. The molecule has 1 aliphatic carbocycles. The third-order valence-electron chi connectivity index (χ3n) is 4.25. The molecule has 1 aromatic rings. The van der Waals surface area contributed by atoms with Crippen molar-refractivity contribution in [3.63, 3.8) is 0 Å². The summed E-state index contributed by atoms with van der Waals surface area (Å²) < 4.78 is 7.71. The van der Waals surface area contributed by atoms with Gasteiger partial charge in [-0.3, -0.25) is 9.58 Å². The van der Waals surface area contributed by atoms with Crippen LogP contribution < -0.4 is 5.32 Å². The Morgan fingerprint density at radius 3 is 3.05 bits per heavy atom. The van der Waals surface area contributed by atoms with Crippen LogP contribution in [0.15, 0.2) is 6.20 Å². The number of likely N-dealkylation sites (tertiary alicyclic amines) is 1. The van der Waals surface area contributed by atoms with Crippen LogP contribution in [0.4, 0.5) is 0 Å². The second-order valence-corrected chi connectivity index (χ2v) is 6.15. The normalized spacial score (nSPS) is 23.6. The Hall–Kier alpha value is -0.980. The van der Waals surface area contributed by atoms with Crippen molar-refractivity contribution >= 4 is 0 Å². The van der Waals surface area contributed by atoms with Gasteiger partial charge in [-0.15, -0.1) is 5.10 Å².